The molecule has 0 aromatic rings. The van der Waals surface area contributed by atoms with Crippen molar-refractivity contribution in [3.8, 4) is 0 Å². The second kappa shape index (κ2) is 56.3. The highest BCUT2D eigenvalue weighted by Crippen LogP contribution is 2.26. The number of esters is 1. The summed E-state index contributed by atoms with van der Waals surface area (Å²) in [5.41, 5.74) is 0. The Balaban J connectivity index is 2.64. The van der Waals surface area contributed by atoms with Crippen LogP contribution in [0.25, 0.3) is 0 Å². The van der Waals surface area contributed by atoms with Crippen LogP contribution in [0.15, 0.2) is 85.1 Å². The predicted molar refractivity (Wildman–Crippen MR) is 333 cm³/mol. The predicted octanol–water partition coefficient (Wildman–Crippen LogP) is 16.1. The van der Waals surface area contributed by atoms with Gasteiger partial charge in [-0.1, -0.05) is 260 Å². The molecular formula is C69H121NO10. The van der Waals surface area contributed by atoms with Gasteiger partial charge in [0.05, 0.1) is 25.4 Å². The van der Waals surface area contributed by atoms with E-state index in [4.69, 9.17) is 14.2 Å². The smallest absolute Gasteiger partial charge is 0.306 e. The van der Waals surface area contributed by atoms with Gasteiger partial charge in [0.1, 0.15) is 24.4 Å². The summed E-state index contributed by atoms with van der Waals surface area (Å²) < 4.78 is 17.6. The Hall–Kier alpha value is -3.16. The number of allylic oxidation sites excluding steroid dienone is 13. The number of carbonyl (C=O) groups is 2. The number of aliphatic hydroxyl groups excluding tert-OH is 5. The van der Waals surface area contributed by atoms with Crippen LogP contribution >= 0.6 is 0 Å². The molecule has 11 heteroatoms. The zero-order valence-corrected chi connectivity index (χ0v) is 51.2. The zero-order valence-electron chi connectivity index (χ0n) is 51.2. The van der Waals surface area contributed by atoms with E-state index in [9.17, 15) is 35.1 Å². The largest absolute Gasteiger partial charge is 0.454 e. The highest BCUT2D eigenvalue weighted by atomic mass is 16.7. The Bertz CT molecular complexity index is 1620. The molecule has 1 fully saturated rings. The van der Waals surface area contributed by atoms with Crippen LogP contribution in [0.3, 0.4) is 0 Å². The molecule has 8 unspecified atom stereocenters. The van der Waals surface area contributed by atoms with Crippen LogP contribution in [-0.2, 0) is 23.8 Å². The van der Waals surface area contributed by atoms with Gasteiger partial charge in [-0.2, -0.15) is 0 Å². The number of nitrogens with one attached hydrogen (secondary N) is 1. The van der Waals surface area contributed by atoms with Gasteiger partial charge < -0.3 is 45.1 Å². The van der Waals surface area contributed by atoms with E-state index < -0.39 is 67.4 Å². The van der Waals surface area contributed by atoms with E-state index in [1.165, 1.54) is 122 Å². The van der Waals surface area contributed by atoms with Gasteiger partial charge in [-0.15, -0.1) is 0 Å². The molecule has 0 aromatic heterocycles. The van der Waals surface area contributed by atoms with Gasteiger partial charge in [0.25, 0.3) is 0 Å². The zero-order chi connectivity index (χ0) is 58.2. The number of aliphatic hydroxyl groups is 5. The van der Waals surface area contributed by atoms with Crippen molar-refractivity contribution in [2.75, 3.05) is 13.2 Å². The van der Waals surface area contributed by atoms with Gasteiger partial charge in [0.15, 0.2) is 12.4 Å². The molecule has 0 aliphatic carbocycles. The number of hydrogen-bond donors (Lipinski definition) is 6. The van der Waals surface area contributed by atoms with Crippen molar-refractivity contribution in [1.29, 1.82) is 0 Å². The molecule has 0 spiro atoms. The minimum atomic E-state index is -1.62. The summed E-state index contributed by atoms with van der Waals surface area (Å²) in [5.74, 6) is -1.21. The Morgan fingerprint density at radius 1 is 0.500 bits per heavy atom. The molecule has 0 bridgehead atoms. The lowest BCUT2D eigenvalue weighted by atomic mass is 9.99. The summed E-state index contributed by atoms with van der Waals surface area (Å²) in [6.07, 6.45) is 63.3. The lowest BCUT2D eigenvalue weighted by Crippen LogP contribution is -2.61. The number of ether oxygens (including phenoxy) is 3. The molecule has 462 valence electrons. The maximum absolute atomic E-state index is 13.5. The van der Waals surface area contributed by atoms with E-state index >= 15 is 0 Å². The maximum Gasteiger partial charge on any atom is 0.306 e. The molecule has 80 heavy (non-hydrogen) atoms. The molecular weight excluding hydrogens is 1000 g/mol. The maximum atomic E-state index is 13.5. The molecule has 0 radical (unpaired) electrons. The molecule has 0 aromatic carbocycles. The van der Waals surface area contributed by atoms with Crippen LogP contribution in [0.4, 0.5) is 0 Å². The summed E-state index contributed by atoms with van der Waals surface area (Å²) >= 11 is 0. The number of unbranched alkanes of at least 4 members (excludes halogenated alkanes) is 29. The van der Waals surface area contributed by atoms with Crippen LogP contribution in [0.2, 0.25) is 0 Å². The van der Waals surface area contributed by atoms with Crippen LogP contribution in [0.5, 0.6) is 0 Å². The van der Waals surface area contributed by atoms with Crippen molar-refractivity contribution in [2.24, 2.45) is 0 Å². The van der Waals surface area contributed by atoms with E-state index in [-0.39, 0.29) is 19.4 Å². The summed E-state index contributed by atoms with van der Waals surface area (Å²) in [7, 11) is 0. The van der Waals surface area contributed by atoms with E-state index in [2.05, 4.69) is 99.0 Å². The van der Waals surface area contributed by atoms with Crippen molar-refractivity contribution in [3.05, 3.63) is 85.1 Å². The lowest BCUT2D eigenvalue weighted by Gasteiger charge is -2.41. The minimum Gasteiger partial charge on any atom is -0.454 e. The first-order valence-electron chi connectivity index (χ1n) is 32.9. The van der Waals surface area contributed by atoms with Crippen molar-refractivity contribution in [1.82, 2.24) is 5.32 Å². The number of hydrogen-bond acceptors (Lipinski definition) is 10. The third-order valence-corrected chi connectivity index (χ3v) is 15.0. The number of rotatable bonds is 55. The number of amides is 1. The molecule has 1 rings (SSSR count). The summed E-state index contributed by atoms with van der Waals surface area (Å²) in [6, 6.07) is -1.03. The first-order chi connectivity index (χ1) is 39.2. The van der Waals surface area contributed by atoms with Crippen LogP contribution in [0.1, 0.15) is 278 Å². The SMILES string of the molecule is CC/C=C/C/C=C/CCCCCCCCCC(=O)OC1C(OCC(NC(=O)C(O)CCCCCCCCCC/C=C\C/C=C\C/C=C\C/C=C\CCCCC)C(O)/C=C/CCCCCCCCCCCCC)OC(CO)C(O)C1O. The number of carbonyl (C=O) groups excluding carboxylic acids is 2. The standard InChI is InChI=1S/C69H121NO10/c1-4-7-10-13-16-19-22-25-27-28-29-30-31-32-33-34-35-36-38-41-44-47-50-53-56-62(73)68(77)70-60(61(72)55-52-49-46-43-40-37-24-21-18-15-12-9-6-3)59-78-69-67(66(76)65(75)63(58-71)79-69)80-64(74)57-54-51-48-45-42-39-26-23-20-17-14-11-8-5-2/h8,11,16-17,19-20,25,27,29-30,32-33,52,55,60-63,65-67,69,71-73,75-76H,4-7,9-10,12-15,18,21-24,26,28,31,34-51,53-54,56-59H2,1-3H3,(H,70,77)/b11-8+,19-16-,20-17+,27-25-,30-29-,33-32-,55-52+. The van der Waals surface area contributed by atoms with Gasteiger partial charge in [-0.25, -0.2) is 0 Å². The van der Waals surface area contributed by atoms with Gasteiger partial charge in [0.2, 0.25) is 5.91 Å². The van der Waals surface area contributed by atoms with Crippen molar-refractivity contribution in [3.63, 3.8) is 0 Å². The molecule has 1 saturated heterocycles. The van der Waals surface area contributed by atoms with Gasteiger partial charge in [-0.05, 0) is 96.3 Å². The normalized spacial score (nSPS) is 19.3. The molecule has 8 atom stereocenters. The molecule has 1 amide bonds. The van der Waals surface area contributed by atoms with Crippen molar-refractivity contribution < 1.29 is 49.3 Å². The summed E-state index contributed by atoms with van der Waals surface area (Å²) in [6.45, 7) is 5.66. The average Bonchev–Trinajstić information content (AvgIpc) is 3.53. The summed E-state index contributed by atoms with van der Waals surface area (Å²) in [5, 5.41) is 57.1. The molecule has 11 nitrogen and oxygen atoms in total. The highest BCUT2D eigenvalue weighted by molar-refractivity contribution is 5.80. The van der Waals surface area contributed by atoms with Gasteiger partial charge in [-0.3, -0.25) is 9.59 Å². The second-order valence-corrected chi connectivity index (χ2v) is 22.5. The van der Waals surface area contributed by atoms with Gasteiger partial charge in [0, 0.05) is 6.42 Å². The first-order valence-corrected chi connectivity index (χ1v) is 32.9. The average molecular weight is 1120 g/mol. The van der Waals surface area contributed by atoms with Gasteiger partial charge >= 0.3 is 5.97 Å². The lowest BCUT2D eigenvalue weighted by molar-refractivity contribution is -0.305. The fourth-order valence-electron chi connectivity index (χ4n) is 9.85. The fourth-order valence-corrected chi connectivity index (χ4v) is 9.85. The Labute approximate surface area is 489 Å². The summed E-state index contributed by atoms with van der Waals surface area (Å²) in [4.78, 5) is 26.6. The van der Waals surface area contributed by atoms with E-state index in [1.807, 2.05) is 6.08 Å². The third-order valence-electron chi connectivity index (χ3n) is 15.0. The third kappa shape index (κ3) is 43.5. The van der Waals surface area contributed by atoms with E-state index in [0.717, 1.165) is 109 Å². The molecule has 1 heterocycles. The fraction of sp³-hybridized carbons (Fsp3) is 0.768. The Kier molecular flexibility index (Phi) is 52.7. The van der Waals surface area contributed by atoms with E-state index in [0.29, 0.717) is 12.8 Å². The van der Waals surface area contributed by atoms with Crippen molar-refractivity contribution >= 4 is 11.9 Å². The van der Waals surface area contributed by atoms with Crippen molar-refractivity contribution in [2.45, 2.75) is 327 Å². The molecule has 1 aliphatic heterocycles. The Morgan fingerprint density at radius 2 is 0.900 bits per heavy atom. The molecule has 0 saturated carbocycles. The monoisotopic (exact) mass is 1120 g/mol. The Morgan fingerprint density at radius 3 is 1.38 bits per heavy atom. The van der Waals surface area contributed by atoms with Crippen LogP contribution in [0, 0.1) is 0 Å². The van der Waals surface area contributed by atoms with Crippen LogP contribution in [-0.4, -0.2) is 99.6 Å². The topological polar surface area (TPSA) is 175 Å². The quantitative estimate of drug-likeness (QED) is 0.0195. The second-order valence-electron chi connectivity index (χ2n) is 22.5. The van der Waals surface area contributed by atoms with Crippen LogP contribution < -0.4 is 5.32 Å². The molecule has 1 aliphatic rings. The minimum absolute atomic E-state index is 0.111. The molecule has 6 N–H and O–H groups in total. The highest BCUT2D eigenvalue weighted by Gasteiger charge is 2.47. The first kappa shape index (κ1) is 74.9. The van der Waals surface area contributed by atoms with E-state index in [1.54, 1.807) is 6.08 Å².